The van der Waals surface area contributed by atoms with Crippen LogP contribution in [-0.2, 0) is 11.2 Å². The molecule has 2 aliphatic heterocycles. The van der Waals surface area contributed by atoms with Gasteiger partial charge in [0.15, 0.2) is 0 Å². The number of amides is 1. The zero-order chi connectivity index (χ0) is 23.9. The minimum atomic E-state index is -0.147. The third kappa shape index (κ3) is 4.04. The highest BCUT2D eigenvalue weighted by atomic mass is 16.3. The number of hydrogen-bond acceptors (Lipinski definition) is 4. The number of carbonyl (C=O) groups excluding carboxylic acids is 1. The van der Waals surface area contributed by atoms with Crippen LogP contribution < -0.4 is 0 Å². The second-order valence-corrected chi connectivity index (χ2v) is 10.0. The lowest BCUT2D eigenvalue weighted by Gasteiger charge is -2.59. The third-order valence-corrected chi connectivity index (χ3v) is 7.87. The standard InChI is InChI=1S/C30H31N3O2/c1-20-6-2-3-8-25(20)21-9-13-23(14-10-21)30-27-17-32(18-29(35)33(27)28(30)19-34)26(22-11-12-22)16-24-7-4-5-15-31-24/h2-10,13-15,27-28,30,34H,11-12,16-19H2,1H3/t27-,28+,30+/m0/s1. The summed E-state index contributed by atoms with van der Waals surface area (Å²) in [5, 5.41) is 10.2. The van der Waals surface area contributed by atoms with Crippen LogP contribution in [0.15, 0.2) is 84.2 Å². The molecule has 3 aromatic rings. The fraction of sp³-hybridized carbons (Fsp3) is 0.333. The van der Waals surface area contributed by atoms with Crippen LogP contribution in [0.25, 0.3) is 11.1 Å². The van der Waals surface area contributed by atoms with Crippen molar-refractivity contribution in [3.8, 4) is 11.1 Å². The average Bonchev–Trinajstić information content (AvgIpc) is 3.71. The molecule has 5 nitrogen and oxygen atoms in total. The molecule has 1 saturated carbocycles. The molecule has 6 rings (SSSR count). The van der Waals surface area contributed by atoms with Gasteiger partial charge in [-0.2, -0.15) is 0 Å². The van der Waals surface area contributed by atoms with Crippen molar-refractivity contribution >= 4 is 5.91 Å². The van der Waals surface area contributed by atoms with Crippen molar-refractivity contribution in [2.45, 2.75) is 44.2 Å². The Morgan fingerprint density at radius 2 is 1.80 bits per heavy atom. The van der Waals surface area contributed by atoms with Crippen LogP contribution in [0.5, 0.6) is 0 Å². The first-order valence-corrected chi connectivity index (χ1v) is 12.6. The first-order valence-electron chi connectivity index (χ1n) is 12.6. The summed E-state index contributed by atoms with van der Waals surface area (Å²) < 4.78 is 0. The molecular weight excluding hydrogens is 434 g/mol. The van der Waals surface area contributed by atoms with E-state index in [4.69, 9.17) is 0 Å². The van der Waals surface area contributed by atoms with Crippen LogP contribution in [0.3, 0.4) is 0 Å². The van der Waals surface area contributed by atoms with Crippen LogP contribution in [0.1, 0.15) is 35.6 Å². The Kier molecular flexibility index (Phi) is 5.65. The summed E-state index contributed by atoms with van der Waals surface area (Å²) in [6.07, 6.45) is 4.84. The average molecular weight is 466 g/mol. The van der Waals surface area contributed by atoms with Crippen molar-refractivity contribution in [1.29, 1.82) is 0 Å². The molecular formula is C30H31N3O2. The second-order valence-electron chi connectivity index (χ2n) is 10.0. The van der Waals surface area contributed by atoms with E-state index in [1.54, 1.807) is 0 Å². The summed E-state index contributed by atoms with van der Waals surface area (Å²) in [5.74, 6) is 0.255. The van der Waals surface area contributed by atoms with E-state index in [0.29, 0.717) is 6.54 Å². The molecule has 0 bridgehead atoms. The molecule has 3 aliphatic rings. The van der Waals surface area contributed by atoms with Crippen LogP contribution in [0, 0.1) is 6.92 Å². The predicted octanol–water partition coefficient (Wildman–Crippen LogP) is 4.32. The predicted molar refractivity (Wildman–Crippen MR) is 137 cm³/mol. The smallest absolute Gasteiger partial charge is 0.242 e. The van der Waals surface area contributed by atoms with Crippen LogP contribution in [-0.4, -0.2) is 57.6 Å². The molecule has 3 fully saturated rings. The van der Waals surface area contributed by atoms with Crippen molar-refractivity contribution < 1.29 is 9.90 Å². The van der Waals surface area contributed by atoms with E-state index in [0.717, 1.165) is 31.5 Å². The van der Waals surface area contributed by atoms with Gasteiger partial charge in [-0.3, -0.25) is 9.78 Å². The molecule has 0 radical (unpaired) electrons. The molecule has 178 valence electrons. The van der Waals surface area contributed by atoms with E-state index in [2.05, 4.69) is 71.4 Å². The number of aromatic nitrogens is 1. The van der Waals surface area contributed by atoms with Crippen molar-refractivity contribution in [2.75, 3.05) is 19.7 Å². The van der Waals surface area contributed by atoms with Gasteiger partial charge >= 0.3 is 0 Å². The Bertz CT molecular complexity index is 1260. The number of aliphatic hydroxyl groups is 1. The highest BCUT2D eigenvalue weighted by Crippen LogP contribution is 2.45. The lowest BCUT2D eigenvalue weighted by atomic mass is 9.73. The van der Waals surface area contributed by atoms with E-state index >= 15 is 0 Å². The maximum atomic E-state index is 13.2. The number of nitrogens with zero attached hydrogens (tertiary/aromatic N) is 3. The van der Waals surface area contributed by atoms with E-state index in [1.807, 2.05) is 23.2 Å². The van der Waals surface area contributed by atoms with Crippen molar-refractivity contribution in [2.24, 2.45) is 0 Å². The van der Waals surface area contributed by atoms with Crippen LogP contribution in [0.4, 0.5) is 0 Å². The first-order chi connectivity index (χ1) is 17.1. The van der Waals surface area contributed by atoms with Gasteiger partial charge in [0.25, 0.3) is 0 Å². The van der Waals surface area contributed by atoms with Crippen molar-refractivity contribution in [1.82, 2.24) is 14.8 Å². The fourth-order valence-corrected chi connectivity index (χ4v) is 5.97. The van der Waals surface area contributed by atoms with E-state index in [9.17, 15) is 9.90 Å². The van der Waals surface area contributed by atoms with Gasteiger partial charge in [-0.25, -0.2) is 0 Å². The Morgan fingerprint density at radius 3 is 2.49 bits per heavy atom. The largest absolute Gasteiger partial charge is 0.394 e. The molecule has 35 heavy (non-hydrogen) atoms. The SMILES string of the molecule is Cc1ccccc1-c1ccc([C@H]2[C@@H](CO)N3C(=O)CN(C(Cc4ccccn4)=C4CC4)C[C@@H]23)cc1. The summed E-state index contributed by atoms with van der Waals surface area (Å²) in [6, 6.07) is 23.1. The van der Waals surface area contributed by atoms with Crippen molar-refractivity contribution in [3.63, 3.8) is 0 Å². The van der Waals surface area contributed by atoms with Crippen LogP contribution in [0.2, 0.25) is 0 Å². The first kappa shape index (κ1) is 22.1. The number of hydrogen-bond donors (Lipinski definition) is 1. The molecule has 3 heterocycles. The van der Waals surface area contributed by atoms with Gasteiger partial charge in [-0.15, -0.1) is 0 Å². The van der Waals surface area contributed by atoms with Gasteiger partial charge in [0.05, 0.1) is 25.2 Å². The Hall–Kier alpha value is -3.44. The number of pyridine rings is 1. The summed E-state index contributed by atoms with van der Waals surface area (Å²) in [6.45, 7) is 3.32. The number of benzene rings is 2. The highest BCUT2D eigenvalue weighted by Gasteiger charge is 2.54. The van der Waals surface area contributed by atoms with Gasteiger partial charge in [0.2, 0.25) is 5.91 Å². The lowest BCUT2D eigenvalue weighted by molar-refractivity contribution is -0.160. The van der Waals surface area contributed by atoms with E-state index < -0.39 is 0 Å². The molecule has 1 aromatic heterocycles. The van der Waals surface area contributed by atoms with Gasteiger partial charge in [-0.1, -0.05) is 60.2 Å². The molecule has 5 heteroatoms. The van der Waals surface area contributed by atoms with Gasteiger partial charge in [0.1, 0.15) is 0 Å². The van der Waals surface area contributed by atoms with Gasteiger partial charge < -0.3 is 14.9 Å². The number of aliphatic hydroxyl groups excluding tert-OH is 1. The maximum absolute atomic E-state index is 13.2. The fourth-order valence-electron chi connectivity index (χ4n) is 5.97. The molecule has 1 amide bonds. The summed E-state index contributed by atoms with van der Waals surface area (Å²) in [7, 11) is 0. The summed E-state index contributed by atoms with van der Waals surface area (Å²) in [4.78, 5) is 22.0. The number of allylic oxidation sites excluding steroid dienone is 2. The molecule has 1 aliphatic carbocycles. The molecule has 2 saturated heterocycles. The minimum absolute atomic E-state index is 0.00562. The zero-order valence-corrected chi connectivity index (χ0v) is 20.1. The Labute approximate surface area is 206 Å². The molecule has 2 aromatic carbocycles. The number of fused-ring (bicyclic) bond motifs is 1. The Morgan fingerprint density at radius 1 is 1.03 bits per heavy atom. The Balaban J connectivity index is 1.26. The van der Waals surface area contributed by atoms with Crippen LogP contribution >= 0.6 is 0 Å². The minimum Gasteiger partial charge on any atom is -0.394 e. The molecule has 3 atom stereocenters. The number of aryl methyl sites for hydroxylation is 1. The monoisotopic (exact) mass is 465 g/mol. The summed E-state index contributed by atoms with van der Waals surface area (Å²) in [5.41, 5.74) is 8.66. The van der Waals surface area contributed by atoms with E-state index in [-0.39, 0.29) is 30.5 Å². The van der Waals surface area contributed by atoms with Crippen molar-refractivity contribution in [3.05, 3.63) is 101 Å². The maximum Gasteiger partial charge on any atom is 0.242 e. The second kappa shape index (κ2) is 8.97. The molecule has 0 unspecified atom stereocenters. The van der Waals surface area contributed by atoms with Gasteiger partial charge in [-0.05, 0) is 54.2 Å². The van der Waals surface area contributed by atoms with E-state index in [1.165, 1.54) is 33.5 Å². The third-order valence-electron chi connectivity index (χ3n) is 7.87. The quantitative estimate of drug-likeness (QED) is 0.589. The summed E-state index contributed by atoms with van der Waals surface area (Å²) >= 11 is 0. The van der Waals surface area contributed by atoms with Gasteiger partial charge in [0, 0.05) is 36.5 Å². The molecule has 1 N–H and O–H groups in total. The zero-order valence-electron chi connectivity index (χ0n) is 20.1. The number of rotatable bonds is 6. The normalized spacial score (nSPS) is 23.1. The topological polar surface area (TPSA) is 56.7 Å². The molecule has 0 spiro atoms. The number of carbonyl (C=O) groups is 1. The number of piperazine rings is 1. The lowest BCUT2D eigenvalue weighted by Crippen LogP contribution is -2.72. The highest BCUT2D eigenvalue weighted by molar-refractivity contribution is 5.82.